The highest BCUT2D eigenvalue weighted by Crippen LogP contribution is 2.31. The van der Waals surface area contributed by atoms with Crippen molar-refractivity contribution >= 4 is 28.3 Å². The van der Waals surface area contributed by atoms with Crippen LogP contribution in [0.3, 0.4) is 0 Å². The second-order valence-electron chi connectivity index (χ2n) is 6.66. The summed E-state index contributed by atoms with van der Waals surface area (Å²) in [6, 6.07) is 7.30. The van der Waals surface area contributed by atoms with E-state index in [9.17, 15) is 9.59 Å². The molecule has 0 aliphatic carbocycles. The highest BCUT2D eigenvalue weighted by atomic mass is 32.1. The zero-order valence-corrected chi connectivity index (χ0v) is 15.1. The smallest absolute Gasteiger partial charge is 0.255 e. The molecule has 3 heterocycles. The van der Waals surface area contributed by atoms with Gasteiger partial charge in [-0.15, -0.1) is 11.3 Å². The molecule has 2 aromatic rings. The molecule has 2 aliphatic heterocycles. The Morgan fingerprint density at radius 1 is 1.42 bits per heavy atom. The number of thiazole rings is 1. The molecule has 1 spiro atoms. The number of likely N-dealkylation sites (tertiary alicyclic amines) is 1. The Morgan fingerprint density at radius 2 is 2.31 bits per heavy atom. The summed E-state index contributed by atoms with van der Waals surface area (Å²) in [7, 11) is 0. The lowest BCUT2D eigenvalue weighted by Crippen LogP contribution is -2.57. The van der Waals surface area contributed by atoms with Crippen molar-refractivity contribution in [1.29, 1.82) is 0 Å². The summed E-state index contributed by atoms with van der Waals surface area (Å²) >= 11 is 1.40. The van der Waals surface area contributed by atoms with E-state index in [4.69, 9.17) is 4.74 Å². The number of carbonyl (C=O) groups excluding carboxylic acids is 2. The number of hydrogen-bond donors (Lipinski definition) is 2. The van der Waals surface area contributed by atoms with Gasteiger partial charge >= 0.3 is 0 Å². The normalized spacial score (nSPS) is 22.8. The Kier molecular flexibility index (Phi) is 4.60. The molecule has 1 saturated heterocycles. The molecule has 0 unspecified atom stereocenters. The Balaban J connectivity index is 1.46. The fourth-order valence-electron chi connectivity index (χ4n) is 3.55. The number of carbonyl (C=O) groups is 2. The van der Waals surface area contributed by atoms with Gasteiger partial charge in [0.1, 0.15) is 11.4 Å². The van der Waals surface area contributed by atoms with Gasteiger partial charge in [-0.1, -0.05) is 12.1 Å². The number of aromatic nitrogens is 1. The second-order valence-corrected chi connectivity index (χ2v) is 7.56. The molecule has 2 amide bonds. The van der Waals surface area contributed by atoms with Crippen LogP contribution in [0.5, 0.6) is 5.75 Å². The Bertz CT molecular complexity index is 811. The lowest BCUT2D eigenvalue weighted by molar-refractivity contribution is -0.118. The van der Waals surface area contributed by atoms with Gasteiger partial charge in [-0.3, -0.25) is 14.5 Å². The molecule has 0 bridgehead atoms. The van der Waals surface area contributed by atoms with Gasteiger partial charge in [0.2, 0.25) is 5.91 Å². The molecular formula is C18H20N4O3S. The largest absolute Gasteiger partial charge is 0.483 e. The maximum absolute atomic E-state index is 12.3. The average molecular weight is 372 g/mol. The van der Waals surface area contributed by atoms with Crippen molar-refractivity contribution in [3.8, 4) is 5.75 Å². The summed E-state index contributed by atoms with van der Waals surface area (Å²) in [5.74, 6) is 0.405. The molecular weight excluding hydrogens is 352 g/mol. The number of rotatable bonds is 3. The molecule has 2 N–H and O–H groups in total. The average Bonchev–Trinajstić information content (AvgIpc) is 3.09. The first-order valence-corrected chi connectivity index (χ1v) is 9.49. The minimum atomic E-state index is -0.512. The molecule has 2 aliphatic rings. The first-order chi connectivity index (χ1) is 12.6. The lowest BCUT2D eigenvalue weighted by Gasteiger charge is -2.41. The molecule has 0 radical (unpaired) electrons. The van der Waals surface area contributed by atoms with E-state index >= 15 is 0 Å². The molecule has 1 aromatic heterocycles. The highest BCUT2D eigenvalue weighted by molar-refractivity contribution is 7.13. The summed E-state index contributed by atoms with van der Waals surface area (Å²) in [6.07, 6.45) is 3.41. The van der Waals surface area contributed by atoms with E-state index < -0.39 is 5.60 Å². The summed E-state index contributed by atoms with van der Waals surface area (Å²) in [5.41, 5.74) is 0.0464. The van der Waals surface area contributed by atoms with Gasteiger partial charge in [0.25, 0.3) is 5.91 Å². The quantitative estimate of drug-likeness (QED) is 0.857. The first kappa shape index (κ1) is 17.0. The highest BCUT2D eigenvalue weighted by Gasteiger charge is 2.41. The number of fused-ring (bicyclic) bond motifs is 1. The van der Waals surface area contributed by atoms with Crippen LogP contribution >= 0.6 is 11.3 Å². The third-order valence-corrected chi connectivity index (χ3v) is 5.38. The Labute approximate surface area is 155 Å². The van der Waals surface area contributed by atoms with Gasteiger partial charge in [-0.25, -0.2) is 4.98 Å². The number of nitrogens with zero attached hydrogens (tertiary/aromatic N) is 2. The minimum Gasteiger partial charge on any atom is -0.483 e. The molecule has 4 rings (SSSR count). The number of nitrogens with one attached hydrogen (secondary N) is 2. The molecule has 1 aromatic carbocycles. The lowest BCUT2D eigenvalue weighted by atomic mass is 9.92. The number of anilines is 1. The van der Waals surface area contributed by atoms with Gasteiger partial charge in [0.05, 0.1) is 18.7 Å². The van der Waals surface area contributed by atoms with Crippen LogP contribution < -0.4 is 15.4 Å². The van der Waals surface area contributed by atoms with Crippen molar-refractivity contribution < 1.29 is 14.3 Å². The number of para-hydroxylation sites is 1. The summed E-state index contributed by atoms with van der Waals surface area (Å²) in [5, 5.41) is 8.21. The topological polar surface area (TPSA) is 83.6 Å². The van der Waals surface area contributed by atoms with E-state index in [-0.39, 0.29) is 18.4 Å². The standard InChI is InChI=1S/C18H20N4O3S/c23-15(21-17-19-7-9-26-17)10-22-8-3-6-18(12-22)11-20-16(24)13-4-1-2-5-14(13)25-18/h1-2,4-5,7,9H,3,6,8,10-12H2,(H,20,24)(H,19,21,23)/t18-/m0/s1. The monoisotopic (exact) mass is 372 g/mol. The summed E-state index contributed by atoms with van der Waals surface area (Å²) < 4.78 is 6.31. The van der Waals surface area contributed by atoms with Crippen LogP contribution in [0.25, 0.3) is 0 Å². The zero-order chi connectivity index (χ0) is 18.0. The molecule has 136 valence electrons. The SMILES string of the molecule is O=C(CN1CCC[C@]2(CNC(=O)c3ccccc3O2)C1)Nc1nccs1. The van der Waals surface area contributed by atoms with Crippen molar-refractivity contribution in [2.75, 3.05) is 31.5 Å². The predicted octanol–water partition coefficient (Wildman–Crippen LogP) is 1.74. The third kappa shape index (κ3) is 3.56. The van der Waals surface area contributed by atoms with E-state index in [1.165, 1.54) is 11.3 Å². The van der Waals surface area contributed by atoms with E-state index in [2.05, 4.69) is 20.5 Å². The van der Waals surface area contributed by atoms with E-state index in [1.807, 2.05) is 23.6 Å². The van der Waals surface area contributed by atoms with Crippen LogP contribution in [-0.2, 0) is 4.79 Å². The van der Waals surface area contributed by atoms with Crippen LogP contribution in [0.15, 0.2) is 35.8 Å². The molecule has 8 heteroatoms. The van der Waals surface area contributed by atoms with Gasteiger partial charge < -0.3 is 15.4 Å². The van der Waals surface area contributed by atoms with Crippen molar-refractivity contribution in [3.63, 3.8) is 0 Å². The summed E-state index contributed by atoms with van der Waals surface area (Å²) in [6.45, 7) is 2.13. The van der Waals surface area contributed by atoms with Crippen LogP contribution in [-0.4, -0.2) is 53.5 Å². The number of ether oxygens (including phenoxy) is 1. The van der Waals surface area contributed by atoms with Gasteiger partial charge in [-0.2, -0.15) is 0 Å². The maximum Gasteiger partial charge on any atom is 0.255 e. The fourth-order valence-corrected chi connectivity index (χ4v) is 4.09. The minimum absolute atomic E-state index is 0.0879. The van der Waals surface area contributed by atoms with Gasteiger partial charge in [0.15, 0.2) is 5.13 Å². The third-order valence-electron chi connectivity index (χ3n) is 4.69. The number of hydrogen-bond acceptors (Lipinski definition) is 6. The Morgan fingerprint density at radius 3 is 3.15 bits per heavy atom. The van der Waals surface area contributed by atoms with Gasteiger partial charge in [0, 0.05) is 18.1 Å². The number of amides is 2. The van der Waals surface area contributed by atoms with Crippen molar-refractivity contribution in [2.45, 2.75) is 18.4 Å². The van der Waals surface area contributed by atoms with E-state index in [1.54, 1.807) is 12.3 Å². The van der Waals surface area contributed by atoms with Crippen molar-refractivity contribution in [2.24, 2.45) is 0 Å². The fraction of sp³-hybridized carbons (Fsp3) is 0.389. The van der Waals surface area contributed by atoms with Crippen LogP contribution in [0.2, 0.25) is 0 Å². The maximum atomic E-state index is 12.3. The first-order valence-electron chi connectivity index (χ1n) is 8.62. The molecule has 1 fully saturated rings. The zero-order valence-electron chi connectivity index (χ0n) is 14.2. The molecule has 0 saturated carbocycles. The van der Waals surface area contributed by atoms with Gasteiger partial charge in [-0.05, 0) is 31.5 Å². The van der Waals surface area contributed by atoms with E-state index in [0.717, 1.165) is 19.4 Å². The van der Waals surface area contributed by atoms with Crippen molar-refractivity contribution in [1.82, 2.24) is 15.2 Å². The second kappa shape index (κ2) is 7.05. The number of piperidine rings is 1. The Hall–Kier alpha value is -2.45. The van der Waals surface area contributed by atoms with Crippen LogP contribution in [0.1, 0.15) is 23.2 Å². The van der Waals surface area contributed by atoms with E-state index in [0.29, 0.717) is 29.5 Å². The number of benzene rings is 1. The summed E-state index contributed by atoms with van der Waals surface area (Å²) in [4.78, 5) is 30.7. The molecule has 26 heavy (non-hydrogen) atoms. The molecule has 7 nitrogen and oxygen atoms in total. The van der Waals surface area contributed by atoms with Crippen molar-refractivity contribution in [3.05, 3.63) is 41.4 Å². The van der Waals surface area contributed by atoms with Crippen LogP contribution in [0.4, 0.5) is 5.13 Å². The van der Waals surface area contributed by atoms with Crippen LogP contribution in [0, 0.1) is 0 Å². The predicted molar refractivity (Wildman–Crippen MR) is 98.6 cm³/mol. The molecule has 1 atom stereocenters.